The molecule has 1 aliphatic heterocycles. The molecule has 0 radical (unpaired) electrons. The van der Waals surface area contributed by atoms with E-state index in [0.717, 1.165) is 24.2 Å². The van der Waals surface area contributed by atoms with E-state index in [2.05, 4.69) is 4.90 Å². The zero-order valence-corrected chi connectivity index (χ0v) is 16.1. The van der Waals surface area contributed by atoms with Crippen molar-refractivity contribution in [1.82, 2.24) is 9.96 Å². The van der Waals surface area contributed by atoms with Gasteiger partial charge in [0.05, 0.1) is 18.1 Å². The summed E-state index contributed by atoms with van der Waals surface area (Å²) < 4.78 is 4.88. The molecule has 1 aliphatic rings. The Kier molecular flexibility index (Phi) is 6.75. The maximum Gasteiger partial charge on any atom is 0.338 e. The second-order valence-corrected chi connectivity index (χ2v) is 7.52. The molecule has 2 N–H and O–H groups in total. The lowest BCUT2D eigenvalue weighted by atomic mass is 9.98. The van der Waals surface area contributed by atoms with E-state index in [1.54, 1.807) is 11.1 Å². The first kappa shape index (κ1) is 20.4. The van der Waals surface area contributed by atoms with Crippen LogP contribution in [-0.2, 0) is 27.5 Å². The second kappa shape index (κ2) is 8.62. The zero-order valence-electron chi connectivity index (χ0n) is 16.1. The summed E-state index contributed by atoms with van der Waals surface area (Å²) in [6.45, 7) is 9.30. The van der Waals surface area contributed by atoms with Crippen LogP contribution in [0.5, 0.6) is 0 Å². The van der Waals surface area contributed by atoms with E-state index >= 15 is 0 Å². The molecule has 7 nitrogen and oxygen atoms in total. The Balaban J connectivity index is 1.99. The Morgan fingerprint density at radius 2 is 1.81 bits per heavy atom. The molecular formula is C19H29N3O4. The average molecular weight is 363 g/mol. The van der Waals surface area contributed by atoms with Gasteiger partial charge in [0.1, 0.15) is 0 Å². The van der Waals surface area contributed by atoms with E-state index in [9.17, 15) is 9.59 Å². The van der Waals surface area contributed by atoms with Gasteiger partial charge in [0.25, 0.3) is 0 Å². The number of nitrogens with two attached hydrogens (primary N) is 1. The number of piperazine rings is 1. The molecule has 1 fully saturated rings. The predicted octanol–water partition coefficient (Wildman–Crippen LogP) is 1.55. The van der Waals surface area contributed by atoms with Crippen molar-refractivity contribution in [3.8, 4) is 0 Å². The molecule has 0 atom stereocenters. The number of methoxy groups -OCH3 is 1. The highest BCUT2D eigenvalue weighted by Gasteiger charge is 2.28. The van der Waals surface area contributed by atoms with Crippen LogP contribution in [0.3, 0.4) is 0 Å². The first-order valence-corrected chi connectivity index (χ1v) is 8.84. The van der Waals surface area contributed by atoms with Gasteiger partial charge in [-0.25, -0.2) is 9.59 Å². The van der Waals surface area contributed by atoms with E-state index in [-0.39, 0.29) is 11.9 Å². The normalized spacial score (nSPS) is 16.3. The first-order chi connectivity index (χ1) is 12.2. The van der Waals surface area contributed by atoms with Gasteiger partial charge in [0, 0.05) is 39.3 Å². The van der Waals surface area contributed by atoms with Gasteiger partial charge in [-0.3, -0.25) is 4.90 Å². The Bertz CT molecular complexity index is 647. The van der Waals surface area contributed by atoms with Crippen LogP contribution in [0, 0.1) is 5.41 Å². The lowest BCUT2D eigenvalue weighted by Crippen LogP contribution is -2.47. The topological polar surface area (TPSA) is 85.1 Å². The Morgan fingerprint density at radius 3 is 2.35 bits per heavy atom. The summed E-state index contributed by atoms with van der Waals surface area (Å²) >= 11 is 0. The molecule has 1 aromatic carbocycles. The minimum absolute atomic E-state index is 0.227. The van der Waals surface area contributed by atoms with Gasteiger partial charge in [-0.15, -0.1) is 5.06 Å². The van der Waals surface area contributed by atoms with Gasteiger partial charge in [-0.2, -0.15) is 0 Å². The molecule has 2 rings (SSSR count). The molecule has 1 aromatic rings. The third kappa shape index (κ3) is 5.27. The molecule has 0 aromatic heterocycles. The van der Waals surface area contributed by atoms with Crippen LogP contribution in [-0.4, -0.2) is 55.2 Å². The number of carbonyl (C=O) groups is 2. The number of nitrogens with zero attached hydrogens (tertiary/aromatic N) is 2. The number of ether oxygens (including phenoxy) is 1. The van der Waals surface area contributed by atoms with Gasteiger partial charge in [0.15, 0.2) is 0 Å². The molecule has 0 saturated carbocycles. The molecule has 0 bridgehead atoms. The van der Waals surface area contributed by atoms with Crippen molar-refractivity contribution in [1.29, 1.82) is 0 Å². The van der Waals surface area contributed by atoms with E-state index in [0.29, 0.717) is 31.7 Å². The third-order valence-electron chi connectivity index (χ3n) is 4.36. The molecule has 7 heteroatoms. The number of hydrogen-bond acceptors (Lipinski definition) is 7. The van der Waals surface area contributed by atoms with Crippen LogP contribution in [0.25, 0.3) is 0 Å². The minimum Gasteiger partial charge on any atom is -0.465 e. The number of esters is 1. The van der Waals surface area contributed by atoms with Crippen LogP contribution in [0.4, 0.5) is 0 Å². The number of benzene rings is 1. The number of hydrogen-bond donors (Lipinski definition) is 1. The first-order valence-electron chi connectivity index (χ1n) is 8.84. The van der Waals surface area contributed by atoms with Crippen LogP contribution < -0.4 is 5.73 Å². The standard InChI is InChI=1S/C19H29N3O4/c1-19(2,3)18(24)26-22-9-7-21(8-10-22)13-15-11-14(12-20)5-6-16(15)17(23)25-4/h5-6,11H,7-10,12-13,20H2,1-4H3. The molecule has 0 amide bonds. The SMILES string of the molecule is COC(=O)c1ccc(CN)cc1CN1CCN(OC(=O)C(C)(C)C)CC1. The fraction of sp³-hybridized carbons (Fsp3) is 0.579. The van der Waals surface area contributed by atoms with Crippen molar-refractivity contribution >= 4 is 11.9 Å². The van der Waals surface area contributed by atoms with Crippen molar-refractivity contribution in [2.75, 3.05) is 33.3 Å². The molecule has 1 saturated heterocycles. The largest absolute Gasteiger partial charge is 0.465 e. The van der Waals surface area contributed by atoms with Gasteiger partial charge in [-0.1, -0.05) is 12.1 Å². The minimum atomic E-state index is -0.519. The Morgan fingerprint density at radius 1 is 1.15 bits per heavy atom. The smallest absolute Gasteiger partial charge is 0.338 e. The molecule has 26 heavy (non-hydrogen) atoms. The Labute approximate surface area is 155 Å². The van der Waals surface area contributed by atoms with Gasteiger partial charge >= 0.3 is 11.9 Å². The van der Waals surface area contributed by atoms with Crippen molar-refractivity contribution in [2.45, 2.75) is 33.9 Å². The fourth-order valence-corrected chi connectivity index (χ4v) is 2.69. The summed E-state index contributed by atoms with van der Waals surface area (Å²) in [5, 5.41) is 1.71. The monoisotopic (exact) mass is 363 g/mol. The average Bonchev–Trinajstić information content (AvgIpc) is 2.61. The summed E-state index contributed by atoms with van der Waals surface area (Å²) in [4.78, 5) is 31.7. The van der Waals surface area contributed by atoms with Crippen molar-refractivity contribution in [3.63, 3.8) is 0 Å². The molecule has 1 heterocycles. The molecule has 0 aliphatic carbocycles. The highest BCUT2D eigenvalue weighted by atomic mass is 16.7. The summed E-state index contributed by atoms with van der Waals surface area (Å²) in [6, 6.07) is 5.57. The third-order valence-corrected chi connectivity index (χ3v) is 4.36. The molecule has 144 valence electrons. The summed E-state index contributed by atoms with van der Waals surface area (Å²) in [5.41, 5.74) is 7.65. The van der Waals surface area contributed by atoms with Crippen LogP contribution in [0.15, 0.2) is 18.2 Å². The maximum absolute atomic E-state index is 12.0. The van der Waals surface area contributed by atoms with E-state index < -0.39 is 5.41 Å². The summed E-state index contributed by atoms with van der Waals surface area (Å²) in [6.07, 6.45) is 0. The van der Waals surface area contributed by atoms with Crippen molar-refractivity contribution < 1.29 is 19.2 Å². The zero-order chi connectivity index (χ0) is 19.3. The molecule has 0 unspecified atom stereocenters. The second-order valence-electron chi connectivity index (χ2n) is 7.52. The van der Waals surface area contributed by atoms with E-state index in [1.165, 1.54) is 7.11 Å². The Hall–Kier alpha value is -1.96. The number of carbonyl (C=O) groups excluding carboxylic acids is 2. The lowest BCUT2D eigenvalue weighted by molar-refractivity contribution is -0.207. The lowest BCUT2D eigenvalue weighted by Gasteiger charge is -2.34. The summed E-state index contributed by atoms with van der Waals surface area (Å²) in [5.74, 6) is -0.573. The molecule has 0 spiro atoms. The van der Waals surface area contributed by atoms with Gasteiger partial charge in [-0.05, 0) is 38.0 Å². The van der Waals surface area contributed by atoms with E-state index in [1.807, 2.05) is 32.9 Å². The number of hydroxylamine groups is 2. The quantitative estimate of drug-likeness (QED) is 0.795. The number of rotatable bonds is 5. The van der Waals surface area contributed by atoms with Crippen molar-refractivity contribution in [2.24, 2.45) is 11.1 Å². The van der Waals surface area contributed by atoms with Gasteiger partial charge in [0.2, 0.25) is 0 Å². The van der Waals surface area contributed by atoms with Gasteiger partial charge < -0.3 is 15.3 Å². The molecular weight excluding hydrogens is 334 g/mol. The van der Waals surface area contributed by atoms with Crippen LogP contribution >= 0.6 is 0 Å². The maximum atomic E-state index is 12.0. The van der Waals surface area contributed by atoms with Crippen LogP contribution in [0.2, 0.25) is 0 Å². The highest BCUT2D eigenvalue weighted by Crippen LogP contribution is 2.19. The fourth-order valence-electron chi connectivity index (χ4n) is 2.69. The predicted molar refractivity (Wildman–Crippen MR) is 98.1 cm³/mol. The van der Waals surface area contributed by atoms with E-state index in [4.69, 9.17) is 15.3 Å². The highest BCUT2D eigenvalue weighted by molar-refractivity contribution is 5.91. The summed E-state index contributed by atoms with van der Waals surface area (Å²) in [7, 11) is 1.38. The van der Waals surface area contributed by atoms with Crippen LogP contribution in [0.1, 0.15) is 42.3 Å². The van der Waals surface area contributed by atoms with Crippen molar-refractivity contribution in [3.05, 3.63) is 34.9 Å².